The van der Waals surface area contributed by atoms with Gasteiger partial charge in [-0.05, 0) is 39.5 Å². The van der Waals surface area contributed by atoms with Gasteiger partial charge in [0.15, 0.2) is 0 Å². The Kier molecular flexibility index (Phi) is 3.51. The Bertz CT molecular complexity index is 411. The molecule has 15 heavy (non-hydrogen) atoms. The van der Waals surface area contributed by atoms with Gasteiger partial charge in [-0.2, -0.15) is 0 Å². The van der Waals surface area contributed by atoms with Gasteiger partial charge in [-0.25, -0.2) is 0 Å². The van der Waals surface area contributed by atoms with Crippen molar-refractivity contribution in [2.45, 2.75) is 12.5 Å². The monoisotopic (exact) mass is 282 g/mol. The third-order valence-corrected chi connectivity index (χ3v) is 3.50. The van der Waals surface area contributed by atoms with Crippen LogP contribution in [0.5, 0.6) is 0 Å². The van der Waals surface area contributed by atoms with Gasteiger partial charge in [-0.15, -0.1) is 11.3 Å². The van der Waals surface area contributed by atoms with Crippen molar-refractivity contribution < 1.29 is 0 Å². The van der Waals surface area contributed by atoms with Crippen molar-refractivity contribution in [1.82, 2.24) is 4.98 Å². The highest BCUT2D eigenvalue weighted by atomic mass is 79.9. The van der Waals surface area contributed by atoms with E-state index in [0.29, 0.717) is 0 Å². The van der Waals surface area contributed by atoms with Gasteiger partial charge < -0.3 is 5.73 Å². The van der Waals surface area contributed by atoms with Crippen LogP contribution in [-0.2, 0) is 6.42 Å². The molecular weight excluding hydrogens is 272 g/mol. The Hall–Kier alpha value is -0.710. The second-order valence-electron chi connectivity index (χ2n) is 3.29. The maximum Gasteiger partial charge on any atom is 0.0575 e. The highest BCUT2D eigenvalue weighted by molar-refractivity contribution is 9.10. The smallest absolute Gasteiger partial charge is 0.0575 e. The topological polar surface area (TPSA) is 38.9 Å². The molecule has 2 heterocycles. The fourth-order valence-corrected chi connectivity index (χ4v) is 2.36. The Morgan fingerprint density at radius 3 is 2.87 bits per heavy atom. The first-order valence-electron chi connectivity index (χ1n) is 4.65. The van der Waals surface area contributed by atoms with E-state index in [4.69, 9.17) is 5.73 Å². The molecule has 0 spiro atoms. The molecule has 0 aliphatic rings. The van der Waals surface area contributed by atoms with Gasteiger partial charge >= 0.3 is 0 Å². The van der Waals surface area contributed by atoms with E-state index in [1.165, 1.54) is 4.88 Å². The van der Waals surface area contributed by atoms with Gasteiger partial charge in [0.25, 0.3) is 0 Å². The van der Waals surface area contributed by atoms with Crippen molar-refractivity contribution in [2.24, 2.45) is 5.73 Å². The summed E-state index contributed by atoms with van der Waals surface area (Å²) in [5.41, 5.74) is 7.00. The summed E-state index contributed by atoms with van der Waals surface area (Å²) in [6.07, 6.45) is 2.63. The maximum atomic E-state index is 6.07. The molecule has 0 bridgehead atoms. The first kappa shape index (κ1) is 10.8. The summed E-state index contributed by atoms with van der Waals surface area (Å²) in [6.45, 7) is 0. The molecule has 1 atom stereocenters. The summed E-state index contributed by atoms with van der Waals surface area (Å²) in [5, 5.41) is 2.07. The molecule has 2 rings (SSSR count). The second-order valence-corrected chi connectivity index (χ2v) is 5.24. The van der Waals surface area contributed by atoms with Crippen LogP contribution in [0.4, 0.5) is 0 Å². The number of nitrogens with two attached hydrogens (primary N) is 1. The Morgan fingerprint density at radius 2 is 2.27 bits per heavy atom. The lowest BCUT2D eigenvalue weighted by Gasteiger charge is -2.09. The fraction of sp³-hybridized carbons (Fsp3) is 0.182. The van der Waals surface area contributed by atoms with Gasteiger partial charge in [0.2, 0.25) is 0 Å². The van der Waals surface area contributed by atoms with Crippen LogP contribution in [0.3, 0.4) is 0 Å². The number of hydrogen-bond donors (Lipinski definition) is 1. The predicted octanol–water partition coefficient (Wildman–Crippen LogP) is 3.15. The minimum Gasteiger partial charge on any atom is -0.322 e. The molecule has 78 valence electrons. The van der Waals surface area contributed by atoms with E-state index < -0.39 is 0 Å². The van der Waals surface area contributed by atoms with Crippen LogP contribution in [-0.4, -0.2) is 4.98 Å². The molecule has 0 aliphatic carbocycles. The molecule has 0 saturated heterocycles. The van der Waals surface area contributed by atoms with Gasteiger partial charge in [0.05, 0.1) is 11.7 Å². The van der Waals surface area contributed by atoms with E-state index in [1.807, 2.05) is 18.2 Å². The molecule has 2 aromatic heterocycles. The Balaban J connectivity index is 2.08. The molecular formula is C11H11BrN2S. The molecule has 0 amide bonds. The molecule has 0 aliphatic heterocycles. The van der Waals surface area contributed by atoms with Crippen LogP contribution in [0.25, 0.3) is 0 Å². The number of hydrogen-bond acceptors (Lipinski definition) is 3. The molecule has 0 saturated carbocycles. The number of thiophene rings is 1. The van der Waals surface area contributed by atoms with Crippen LogP contribution < -0.4 is 5.73 Å². The number of halogens is 1. The molecule has 0 aromatic carbocycles. The lowest BCUT2D eigenvalue weighted by Crippen LogP contribution is -2.14. The highest BCUT2D eigenvalue weighted by Crippen LogP contribution is 2.18. The average Bonchev–Trinajstić information content (AvgIpc) is 2.71. The van der Waals surface area contributed by atoms with E-state index in [2.05, 4.69) is 32.4 Å². The summed E-state index contributed by atoms with van der Waals surface area (Å²) in [7, 11) is 0. The molecule has 4 heteroatoms. The SMILES string of the molecule is NC(Cc1cccs1)c1ccc(Br)cn1. The average molecular weight is 283 g/mol. The maximum absolute atomic E-state index is 6.07. The quantitative estimate of drug-likeness (QED) is 0.939. The van der Waals surface area contributed by atoms with E-state index in [0.717, 1.165) is 16.6 Å². The van der Waals surface area contributed by atoms with Crippen molar-refractivity contribution in [3.8, 4) is 0 Å². The zero-order valence-corrected chi connectivity index (χ0v) is 10.5. The molecule has 1 unspecified atom stereocenters. The van der Waals surface area contributed by atoms with E-state index in [1.54, 1.807) is 17.5 Å². The van der Waals surface area contributed by atoms with Crippen LogP contribution in [0.1, 0.15) is 16.6 Å². The fourth-order valence-electron chi connectivity index (χ4n) is 1.36. The van der Waals surface area contributed by atoms with Crippen molar-refractivity contribution >= 4 is 27.3 Å². The first-order chi connectivity index (χ1) is 7.25. The van der Waals surface area contributed by atoms with Crippen LogP contribution in [0.15, 0.2) is 40.3 Å². The molecule has 2 nitrogen and oxygen atoms in total. The van der Waals surface area contributed by atoms with Crippen LogP contribution in [0, 0.1) is 0 Å². The molecule has 0 fully saturated rings. The minimum atomic E-state index is -0.0169. The summed E-state index contributed by atoms with van der Waals surface area (Å²) in [6, 6.07) is 8.06. The standard InChI is InChI=1S/C11H11BrN2S/c12-8-3-4-11(14-7-8)10(13)6-9-2-1-5-15-9/h1-5,7,10H,6,13H2. The highest BCUT2D eigenvalue weighted by Gasteiger charge is 2.08. The number of rotatable bonds is 3. The van der Waals surface area contributed by atoms with Crippen molar-refractivity contribution in [3.05, 3.63) is 50.9 Å². The van der Waals surface area contributed by atoms with Gasteiger partial charge in [-0.1, -0.05) is 6.07 Å². The Morgan fingerprint density at radius 1 is 1.40 bits per heavy atom. The van der Waals surface area contributed by atoms with Crippen LogP contribution in [0.2, 0.25) is 0 Å². The summed E-state index contributed by atoms with van der Waals surface area (Å²) in [4.78, 5) is 5.59. The van der Waals surface area contributed by atoms with E-state index in [-0.39, 0.29) is 6.04 Å². The van der Waals surface area contributed by atoms with Crippen molar-refractivity contribution in [3.63, 3.8) is 0 Å². The third kappa shape index (κ3) is 2.87. The summed E-state index contributed by atoms with van der Waals surface area (Å²) < 4.78 is 0.981. The number of nitrogens with zero attached hydrogens (tertiary/aromatic N) is 1. The zero-order valence-electron chi connectivity index (χ0n) is 8.06. The van der Waals surface area contributed by atoms with Crippen molar-refractivity contribution in [1.29, 1.82) is 0 Å². The van der Waals surface area contributed by atoms with Crippen molar-refractivity contribution in [2.75, 3.05) is 0 Å². The normalized spacial score (nSPS) is 12.7. The molecule has 2 aromatic rings. The van der Waals surface area contributed by atoms with Gasteiger partial charge in [-0.3, -0.25) is 4.98 Å². The van der Waals surface area contributed by atoms with E-state index >= 15 is 0 Å². The Labute approximate surface area is 101 Å². The second kappa shape index (κ2) is 4.88. The first-order valence-corrected chi connectivity index (χ1v) is 6.32. The number of aromatic nitrogens is 1. The minimum absolute atomic E-state index is 0.0169. The summed E-state index contributed by atoms with van der Waals surface area (Å²) >= 11 is 5.09. The van der Waals surface area contributed by atoms with Gasteiger partial charge in [0.1, 0.15) is 0 Å². The molecule has 2 N–H and O–H groups in total. The lowest BCUT2D eigenvalue weighted by atomic mass is 10.1. The largest absolute Gasteiger partial charge is 0.322 e. The molecule has 0 radical (unpaired) electrons. The summed E-state index contributed by atoms with van der Waals surface area (Å²) in [5.74, 6) is 0. The van der Waals surface area contributed by atoms with Crippen LogP contribution >= 0.6 is 27.3 Å². The lowest BCUT2D eigenvalue weighted by molar-refractivity contribution is 0.703. The predicted molar refractivity (Wildman–Crippen MR) is 66.9 cm³/mol. The number of pyridine rings is 1. The third-order valence-electron chi connectivity index (χ3n) is 2.13. The zero-order chi connectivity index (χ0) is 10.7. The van der Waals surface area contributed by atoms with E-state index in [9.17, 15) is 0 Å². The van der Waals surface area contributed by atoms with Gasteiger partial charge in [0, 0.05) is 22.0 Å².